The summed E-state index contributed by atoms with van der Waals surface area (Å²) in [7, 11) is 0. The van der Waals surface area contributed by atoms with Crippen molar-refractivity contribution in [3.05, 3.63) is 54.1 Å². The van der Waals surface area contributed by atoms with E-state index in [-0.39, 0.29) is 18.0 Å². The van der Waals surface area contributed by atoms with Gasteiger partial charge >= 0.3 is 0 Å². The predicted molar refractivity (Wildman–Crippen MR) is 91.9 cm³/mol. The van der Waals surface area contributed by atoms with Gasteiger partial charge in [-0.1, -0.05) is 48.2 Å². The molecular weight excluding hydrogens is 338 g/mol. The predicted octanol–water partition coefficient (Wildman–Crippen LogP) is 3.55. The van der Waals surface area contributed by atoms with Crippen LogP contribution in [0.25, 0.3) is 11.4 Å². The number of rotatable bonds is 2. The fourth-order valence-corrected chi connectivity index (χ4v) is 4.10. The Labute approximate surface area is 147 Å². The van der Waals surface area contributed by atoms with Crippen molar-refractivity contribution >= 4 is 17.7 Å². The van der Waals surface area contributed by atoms with E-state index in [0.717, 1.165) is 22.6 Å². The maximum atomic E-state index is 12.5. The van der Waals surface area contributed by atoms with Crippen molar-refractivity contribution in [2.24, 2.45) is 0 Å². The van der Waals surface area contributed by atoms with E-state index in [9.17, 15) is 4.79 Å². The molecule has 0 N–H and O–H groups in total. The Hall–Kier alpha value is -2.80. The van der Waals surface area contributed by atoms with Crippen molar-refractivity contribution in [1.29, 1.82) is 0 Å². The van der Waals surface area contributed by atoms with Gasteiger partial charge in [0.2, 0.25) is 6.79 Å². The molecule has 1 unspecified atom stereocenters. The fourth-order valence-electron chi connectivity index (χ4n) is 2.96. The first-order valence-electron chi connectivity index (χ1n) is 7.90. The molecule has 124 valence electrons. The van der Waals surface area contributed by atoms with Crippen molar-refractivity contribution in [2.45, 2.75) is 16.8 Å². The SMILES string of the molecule is O=C1CC(c2ccc3c(c2)OCO3)Sc2nc(-c3ccccc3)nn21. The van der Waals surface area contributed by atoms with Gasteiger partial charge in [-0.15, -0.1) is 5.10 Å². The molecule has 6 nitrogen and oxygen atoms in total. The van der Waals surface area contributed by atoms with Crippen molar-refractivity contribution < 1.29 is 14.3 Å². The minimum Gasteiger partial charge on any atom is -0.454 e. The highest BCUT2D eigenvalue weighted by Crippen LogP contribution is 2.44. The van der Waals surface area contributed by atoms with Gasteiger partial charge in [0.05, 0.1) is 0 Å². The van der Waals surface area contributed by atoms with E-state index in [2.05, 4.69) is 10.1 Å². The summed E-state index contributed by atoms with van der Waals surface area (Å²) in [5.41, 5.74) is 1.93. The molecule has 2 aromatic carbocycles. The lowest BCUT2D eigenvalue weighted by Crippen LogP contribution is -2.20. The second kappa shape index (κ2) is 5.63. The summed E-state index contributed by atoms with van der Waals surface area (Å²) in [6.07, 6.45) is 0.370. The Balaban J connectivity index is 1.48. The monoisotopic (exact) mass is 351 g/mol. The van der Waals surface area contributed by atoms with Crippen LogP contribution in [0.3, 0.4) is 0 Å². The van der Waals surface area contributed by atoms with Crippen molar-refractivity contribution in [2.75, 3.05) is 6.79 Å². The van der Waals surface area contributed by atoms with Gasteiger partial charge in [-0.25, -0.2) is 4.98 Å². The molecule has 3 aromatic rings. The van der Waals surface area contributed by atoms with Crippen molar-refractivity contribution in [1.82, 2.24) is 14.8 Å². The van der Waals surface area contributed by atoms with Crippen LogP contribution in [0.4, 0.5) is 0 Å². The average molecular weight is 351 g/mol. The molecule has 2 aliphatic rings. The zero-order chi connectivity index (χ0) is 16.8. The number of thioether (sulfide) groups is 1. The van der Waals surface area contributed by atoms with Gasteiger partial charge in [-0.05, 0) is 17.7 Å². The molecule has 0 saturated carbocycles. The molecule has 7 heteroatoms. The Kier molecular flexibility index (Phi) is 3.27. The van der Waals surface area contributed by atoms with Crippen LogP contribution in [0, 0.1) is 0 Å². The minimum absolute atomic E-state index is 0.0117. The molecule has 1 atom stereocenters. The fraction of sp³-hybridized carbons (Fsp3) is 0.167. The molecule has 0 aliphatic carbocycles. The molecule has 3 heterocycles. The first-order valence-corrected chi connectivity index (χ1v) is 8.78. The zero-order valence-corrected chi connectivity index (χ0v) is 13.9. The van der Waals surface area contributed by atoms with Crippen LogP contribution in [0.5, 0.6) is 11.5 Å². The van der Waals surface area contributed by atoms with Crippen molar-refractivity contribution in [3.8, 4) is 22.9 Å². The van der Waals surface area contributed by atoms with Gasteiger partial charge in [0.1, 0.15) is 0 Å². The zero-order valence-electron chi connectivity index (χ0n) is 13.1. The Bertz CT molecular complexity index is 971. The number of benzene rings is 2. The van der Waals surface area contributed by atoms with E-state index in [4.69, 9.17) is 9.47 Å². The van der Waals surface area contributed by atoms with E-state index >= 15 is 0 Å². The first-order chi connectivity index (χ1) is 12.3. The summed E-state index contributed by atoms with van der Waals surface area (Å²) in [5, 5.41) is 4.99. The van der Waals surface area contributed by atoms with Crippen LogP contribution in [-0.4, -0.2) is 27.5 Å². The largest absolute Gasteiger partial charge is 0.454 e. The molecule has 1 aromatic heterocycles. The molecule has 0 spiro atoms. The number of carbonyl (C=O) groups is 1. The van der Waals surface area contributed by atoms with Crippen LogP contribution in [0.1, 0.15) is 22.0 Å². The highest BCUT2D eigenvalue weighted by Gasteiger charge is 2.31. The highest BCUT2D eigenvalue weighted by atomic mass is 32.2. The number of aromatic nitrogens is 3. The van der Waals surface area contributed by atoms with E-state index in [1.807, 2.05) is 48.5 Å². The lowest BCUT2D eigenvalue weighted by Gasteiger charge is -2.20. The second-order valence-corrected chi connectivity index (χ2v) is 6.98. The van der Waals surface area contributed by atoms with Gasteiger partial charge in [-0.3, -0.25) is 4.79 Å². The standard InChI is InChI=1S/C18H13N3O3S/c22-16-9-15(12-6-7-13-14(8-12)24-10-23-13)25-18-19-17(20-21(16)18)11-4-2-1-3-5-11/h1-8,15H,9-10H2. The lowest BCUT2D eigenvalue weighted by atomic mass is 10.1. The van der Waals surface area contributed by atoms with Crippen LogP contribution < -0.4 is 9.47 Å². The van der Waals surface area contributed by atoms with Gasteiger partial charge in [-0.2, -0.15) is 4.68 Å². The maximum Gasteiger partial charge on any atom is 0.250 e. The number of fused-ring (bicyclic) bond motifs is 2. The molecule has 2 aliphatic heterocycles. The number of hydrogen-bond donors (Lipinski definition) is 0. The van der Waals surface area contributed by atoms with E-state index in [1.54, 1.807) is 11.8 Å². The van der Waals surface area contributed by atoms with Crippen LogP contribution in [0.2, 0.25) is 0 Å². The topological polar surface area (TPSA) is 66.2 Å². The number of ether oxygens (including phenoxy) is 2. The number of carbonyl (C=O) groups excluding carboxylic acids is 1. The first kappa shape index (κ1) is 14.5. The normalized spacial score (nSPS) is 18.2. The van der Waals surface area contributed by atoms with E-state index in [1.165, 1.54) is 4.68 Å². The Morgan fingerprint density at radius 3 is 2.80 bits per heavy atom. The molecule has 5 rings (SSSR count). The summed E-state index contributed by atoms with van der Waals surface area (Å²) in [5.74, 6) is 1.99. The third kappa shape index (κ3) is 2.47. The molecule has 0 bridgehead atoms. The van der Waals surface area contributed by atoms with Crippen LogP contribution >= 0.6 is 11.8 Å². The second-order valence-electron chi connectivity index (χ2n) is 5.81. The highest BCUT2D eigenvalue weighted by molar-refractivity contribution is 7.99. The van der Waals surface area contributed by atoms with Crippen LogP contribution in [0.15, 0.2) is 53.7 Å². The molecule has 0 saturated heterocycles. The summed E-state index contributed by atoms with van der Waals surface area (Å²) >= 11 is 1.55. The van der Waals surface area contributed by atoms with Gasteiger partial charge in [0.25, 0.3) is 5.91 Å². The lowest BCUT2D eigenvalue weighted by molar-refractivity contribution is 0.0868. The summed E-state index contributed by atoms with van der Waals surface area (Å²) in [6.45, 7) is 0.240. The minimum atomic E-state index is -0.0499. The van der Waals surface area contributed by atoms with E-state index < -0.39 is 0 Å². The van der Waals surface area contributed by atoms with Crippen molar-refractivity contribution in [3.63, 3.8) is 0 Å². The third-order valence-corrected chi connectivity index (χ3v) is 5.42. The molecule has 0 radical (unpaired) electrons. The van der Waals surface area contributed by atoms with Gasteiger partial charge < -0.3 is 9.47 Å². The molecule has 0 amide bonds. The smallest absolute Gasteiger partial charge is 0.250 e. The Morgan fingerprint density at radius 2 is 1.92 bits per heavy atom. The summed E-state index contributed by atoms with van der Waals surface area (Å²) in [6, 6.07) is 15.5. The summed E-state index contributed by atoms with van der Waals surface area (Å²) in [4.78, 5) is 17.1. The third-order valence-electron chi connectivity index (χ3n) is 4.22. The molecule has 0 fully saturated rings. The number of nitrogens with zero attached hydrogens (tertiary/aromatic N) is 3. The molecular formula is C18H13N3O3S. The molecule has 25 heavy (non-hydrogen) atoms. The number of hydrogen-bond acceptors (Lipinski definition) is 6. The quantitative estimate of drug-likeness (QED) is 0.703. The maximum absolute atomic E-state index is 12.5. The van der Waals surface area contributed by atoms with Gasteiger partial charge in [0.15, 0.2) is 22.5 Å². The Morgan fingerprint density at radius 1 is 1.08 bits per heavy atom. The van der Waals surface area contributed by atoms with Crippen LogP contribution in [-0.2, 0) is 0 Å². The van der Waals surface area contributed by atoms with Gasteiger partial charge in [0, 0.05) is 17.2 Å². The summed E-state index contributed by atoms with van der Waals surface area (Å²) < 4.78 is 12.2. The van der Waals surface area contributed by atoms with E-state index in [0.29, 0.717) is 17.4 Å². The average Bonchev–Trinajstić information content (AvgIpc) is 3.28.